The van der Waals surface area contributed by atoms with Gasteiger partial charge in [-0.2, -0.15) is 0 Å². The Kier molecular flexibility index (Phi) is 12.8. The number of rotatable bonds is 9. The summed E-state index contributed by atoms with van der Waals surface area (Å²) in [6.45, 7) is 8.94. The second-order valence-electron chi connectivity index (χ2n) is 22.1. The van der Waals surface area contributed by atoms with E-state index < -0.39 is 5.60 Å². The van der Waals surface area contributed by atoms with Crippen LogP contribution in [0.5, 0.6) is 5.75 Å². The molecule has 75 heavy (non-hydrogen) atoms. The van der Waals surface area contributed by atoms with Crippen molar-refractivity contribution >= 4 is 44.1 Å². The van der Waals surface area contributed by atoms with Crippen molar-refractivity contribution in [2.24, 2.45) is 17.3 Å². The summed E-state index contributed by atoms with van der Waals surface area (Å²) in [5.74, 6) is 10.8. The van der Waals surface area contributed by atoms with E-state index in [2.05, 4.69) is 100 Å². The van der Waals surface area contributed by atoms with Gasteiger partial charge < -0.3 is 40.1 Å². The second-order valence-corrected chi connectivity index (χ2v) is 22.1. The molecule has 2 N–H and O–H groups in total. The minimum atomic E-state index is -1.19. The number of nitrogens with zero attached hydrogens (tertiary/aromatic N) is 8. The number of aryl methyl sites for hydroxylation is 4. The number of hydrogen-bond donors (Lipinski definition) is 2. The van der Waals surface area contributed by atoms with Crippen LogP contribution in [0.4, 0.5) is 0 Å². The van der Waals surface area contributed by atoms with Gasteiger partial charge in [-0.1, -0.05) is 126 Å². The summed E-state index contributed by atoms with van der Waals surface area (Å²) in [6.07, 6.45) is 14.8. The van der Waals surface area contributed by atoms with Crippen molar-refractivity contribution in [3.63, 3.8) is 0 Å². The maximum atomic E-state index is 12.9. The average Bonchev–Trinajstić information content (AvgIpc) is 4.21. The molecular weight excluding hydrogens is 978 g/mol. The van der Waals surface area contributed by atoms with E-state index in [4.69, 9.17) is 39.9 Å². The van der Waals surface area contributed by atoms with Crippen molar-refractivity contribution in [3.8, 4) is 63.1 Å². The van der Waals surface area contributed by atoms with Gasteiger partial charge in [0.25, 0.3) is 0 Å². The van der Waals surface area contributed by atoms with Crippen LogP contribution in [0.1, 0.15) is 138 Å². The number of benzene rings is 5. The molecule has 13 rings (SSSR count). The predicted octanol–water partition coefficient (Wildman–Crippen LogP) is 13.5. The maximum Gasteiger partial charge on any atom is 2.00 e. The Morgan fingerprint density at radius 1 is 0.587 bits per heavy atom. The zero-order valence-electron chi connectivity index (χ0n) is 43.7. The molecule has 8 bridgehead atoms. The summed E-state index contributed by atoms with van der Waals surface area (Å²) in [7, 11) is 0. The predicted molar refractivity (Wildman–Crippen MR) is 294 cm³/mol. The van der Waals surface area contributed by atoms with Gasteiger partial charge in [-0.3, -0.25) is 0 Å². The Labute approximate surface area is 451 Å². The third-order valence-electron chi connectivity index (χ3n) is 17.6. The Balaban J connectivity index is 0.00000569. The minimum Gasteiger partial charge on any atom is -0.508 e. The zero-order chi connectivity index (χ0) is 50.3. The van der Waals surface area contributed by atoms with Crippen LogP contribution in [-0.4, -0.2) is 45.7 Å². The van der Waals surface area contributed by atoms with Gasteiger partial charge in [0.05, 0.1) is 23.3 Å². The molecule has 0 unspecified atom stereocenters. The van der Waals surface area contributed by atoms with Crippen molar-refractivity contribution in [1.29, 1.82) is 0 Å². The van der Waals surface area contributed by atoms with Crippen LogP contribution in [0.3, 0.4) is 0 Å². The number of aromatic hydroxyl groups is 1. The van der Waals surface area contributed by atoms with Gasteiger partial charge in [-0.05, 0) is 168 Å². The van der Waals surface area contributed by atoms with Crippen LogP contribution < -0.4 is 9.97 Å². The van der Waals surface area contributed by atoms with E-state index in [0.717, 1.165) is 139 Å². The first kappa shape index (κ1) is 49.3. The number of unbranched alkanes of at least 4 members (excludes halogenated alkanes) is 3. The summed E-state index contributed by atoms with van der Waals surface area (Å²) in [4.78, 5) is 42.4. The molecule has 0 radical (unpaired) electrons. The fraction of sp³-hybridized carbons (Fsp3) is 0.375. The van der Waals surface area contributed by atoms with Gasteiger partial charge in [-0.15, -0.1) is 0 Å². The van der Waals surface area contributed by atoms with E-state index in [0.29, 0.717) is 75.8 Å². The largest absolute Gasteiger partial charge is 2.00 e. The third kappa shape index (κ3) is 8.39. The van der Waals surface area contributed by atoms with Gasteiger partial charge in [0.2, 0.25) is 0 Å². The summed E-state index contributed by atoms with van der Waals surface area (Å²) < 4.78 is 0. The Morgan fingerprint density at radius 2 is 1.17 bits per heavy atom. The number of aromatic nitrogens is 8. The number of fused-ring (bicyclic) bond motifs is 25. The molecule has 2 aliphatic heterocycles. The van der Waals surface area contributed by atoms with E-state index in [-0.39, 0.29) is 24.9 Å². The van der Waals surface area contributed by atoms with Crippen molar-refractivity contribution in [1.82, 2.24) is 39.9 Å². The number of hydrogen-bond acceptors (Lipinski definition) is 8. The number of phenolic OH excluding ortho intramolecular Hbond substituents is 1. The SMILES string of the molecule is CCCCc1ccc2c(c1)-c1nc-2nc2[n-]c(nc3nc(nc4[n-]c(n1)c1ccc(CCCC)cc41)-c1cccc(C#C[C@@]4(O)CC[C@H]5[C@@H]6CCc7cc(O)ccc7[C@H]6CC[C@@]54C)c1-3)c1ccc(CCCC)cc21.[Zn+2]. The minimum absolute atomic E-state index is 0. The summed E-state index contributed by atoms with van der Waals surface area (Å²) in [6, 6.07) is 31.6. The van der Waals surface area contributed by atoms with Gasteiger partial charge in [0.15, 0.2) is 0 Å². The third-order valence-corrected chi connectivity index (χ3v) is 17.6. The zero-order valence-corrected chi connectivity index (χ0v) is 46.6. The van der Waals surface area contributed by atoms with Crippen molar-refractivity contribution in [3.05, 3.63) is 124 Å². The van der Waals surface area contributed by atoms with E-state index in [9.17, 15) is 10.2 Å². The first-order valence-corrected chi connectivity index (χ1v) is 27.4. The van der Waals surface area contributed by atoms with E-state index in [1.54, 1.807) is 0 Å². The van der Waals surface area contributed by atoms with E-state index >= 15 is 0 Å². The smallest absolute Gasteiger partial charge is 0.508 e. The van der Waals surface area contributed by atoms with Crippen LogP contribution in [0.15, 0.2) is 91.0 Å². The molecule has 0 amide bonds. The topological polar surface area (TPSA) is 146 Å². The molecule has 2 fully saturated rings. The fourth-order valence-electron chi connectivity index (χ4n) is 13.5. The van der Waals surface area contributed by atoms with Gasteiger partial charge in [-0.25, -0.2) is 9.97 Å². The van der Waals surface area contributed by atoms with E-state index in [1.165, 1.54) is 27.8 Å². The quantitative estimate of drug-likeness (QED) is 0.106. The molecule has 3 aliphatic carbocycles. The Morgan fingerprint density at radius 3 is 1.84 bits per heavy atom. The molecule has 372 valence electrons. The van der Waals surface area contributed by atoms with Crippen molar-refractivity contribution < 1.29 is 29.7 Å². The van der Waals surface area contributed by atoms with Gasteiger partial charge in [0.1, 0.15) is 11.4 Å². The molecule has 5 aliphatic rings. The number of phenols is 1. The standard InChI is InChI=1S/C64H62N8O2.Zn/c1-5-8-12-37-17-22-46-50(33-37)59-65-55(46)67-60-52-35-39(14-10-7-3)19-24-48(52)57(69-60)71-62-54-40(15-11-16-49(54)58(72-62)70-61-51-34-38(13-9-6-2)18-23-47(51)56(66-59)68-61)27-31-64(74)32-29-53-45-25-20-41-36-42(73)21-26-43(41)44(45)28-30-63(53,64)4;/h11,15-19,21-24,26,33-36,44-45,53,74H,5-10,12-14,20,25,28-30,32H2,1-4H3,(H-2,65,66,67,68,69,70,71,72,73);/q-2;+2/t44-,45-,53+,63+,64-;/m1./s1. The maximum absolute atomic E-state index is 12.9. The molecule has 8 aromatic rings. The van der Waals surface area contributed by atoms with Crippen molar-refractivity contribution in [2.45, 2.75) is 136 Å². The first-order chi connectivity index (χ1) is 36.1. The van der Waals surface area contributed by atoms with Crippen LogP contribution in [0.25, 0.3) is 89.7 Å². The Hall–Kier alpha value is -6.60. The molecule has 5 atom stereocenters. The normalized spacial score (nSPS) is 21.1. The Bertz CT molecular complexity index is 3810. The van der Waals surface area contributed by atoms with Crippen LogP contribution in [0, 0.1) is 29.1 Å². The summed E-state index contributed by atoms with van der Waals surface area (Å²) >= 11 is 0. The average molecular weight is 1040 g/mol. The van der Waals surface area contributed by atoms with Crippen LogP contribution in [-0.2, 0) is 45.2 Å². The summed E-state index contributed by atoms with van der Waals surface area (Å²) in [5, 5.41) is 26.8. The fourth-order valence-corrected chi connectivity index (χ4v) is 13.5. The molecule has 5 aromatic carbocycles. The first-order valence-electron chi connectivity index (χ1n) is 27.4. The van der Waals surface area contributed by atoms with Crippen LogP contribution in [0.2, 0.25) is 0 Å². The molecule has 0 spiro atoms. The molecule has 0 saturated heterocycles. The molecule has 5 heterocycles. The monoisotopic (exact) mass is 1040 g/mol. The molecular formula is C64H62N8O2Zn. The van der Waals surface area contributed by atoms with Gasteiger partial charge >= 0.3 is 19.5 Å². The van der Waals surface area contributed by atoms with Crippen molar-refractivity contribution in [2.75, 3.05) is 0 Å². The molecule has 10 nitrogen and oxygen atoms in total. The van der Waals surface area contributed by atoms with Gasteiger partial charge in [0, 0.05) is 55.8 Å². The molecule has 2 saturated carbocycles. The second kappa shape index (κ2) is 19.5. The summed E-state index contributed by atoms with van der Waals surface area (Å²) in [5.41, 5.74) is 11.0. The van der Waals surface area contributed by atoms with E-state index in [1.807, 2.05) is 30.3 Å². The van der Waals surface area contributed by atoms with Crippen LogP contribution >= 0.6 is 0 Å². The number of aliphatic hydroxyl groups is 1. The molecule has 3 aromatic heterocycles. The molecule has 11 heteroatoms.